The summed E-state index contributed by atoms with van der Waals surface area (Å²) in [6.07, 6.45) is 9.99. The molecule has 1 saturated heterocycles. The average molecular weight is 238 g/mol. The molecular weight excluding hydrogens is 208 g/mol. The van der Waals surface area contributed by atoms with Crippen LogP contribution in [0.15, 0.2) is 0 Å². The van der Waals surface area contributed by atoms with Crippen LogP contribution in [0.25, 0.3) is 0 Å². The molecule has 2 nitrogen and oxygen atoms in total. The molecule has 2 heteroatoms. The van der Waals surface area contributed by atoms with Crippen molar-refractivity contribution >= 4 is 0 Å². The van der Waals surface area contributed by atoms with Crippen LogP contribution in [0, 0.1) is 11.8 Å². The lowest BCUT2D eigenvalue weighted by atomic mass is 9.98. The normalized spacial score (nSPS) is 36.0. The summed E-state index contributed by atoms with van der Waals surface area (Å²) in [5, 5.41) is 3.84. The van der Waals surface area contributed by atoms with Gasteiger partial charge in [-0.3, -0.25) is 0 Å². The summed E-state index contributed by atoms with van der Waals surface area (Å²) in [7, 11) is 2.25. The average Bonchev–Trinajstić information content (AvgIpc) is 2.63. The Morgan fingerprint density at radius 2 is 1.94 bits per heavy atom. The van der Waals surface area contributed by atoms with Crippen LogP contribution in [0.2, 0.25) is 0 Å². The number of nitrogens with zero attached hydrogens (tertiary/aromatic N) is 1. The van der Waals surface area contributed by atoms with Gasteiger partial charge in [-0.05, 0) is 57.7 Å². The highest BCUT2D eigenvalue weighted by molar-refractivity contribution is 4.79. The van der Waals surface area contributed by atoms with Crippen molar-refractivity contribution in [2.24, 2.45) is 11.8 Å². The fourth-order valence-corrected chi connectivity index (χ4v) is 3.52. The lowest BCUT2D eigenvalue weighted by Crippen LogP contribution is -2.33. The van der Waals surface area contributed by atoms with Crippen molar-refractivity contribution in [3.05, 3.63) is 0 Å². The van der Waals surface area contributed by atoms with E-state index in [9.17, 15) is 0 Å². The molecule has 2 aliphatic rings. The molecule has 0 aromatic heterocycles. The largest absolute Gasteiger partial charge is 0.314 e. The van der Waals surface area contributed by atoms with Crippen LogP contribution < -0.4 is 5.32 Å². The van der Waals surface area contributed by atoms with E-state index in [4.69, 9.17) is 0 Å². The smallest absolute Gasteiger partial charge is 0.00672 e. The van der Waals surface area contributed by atoms with Gasteiger partial charge in [-0.1, -0.05) is 26.2 Å². The van der Waals surface area contributed by atoms with Crippen molar-refractivity contribution in [3.63, 3.8) is 0 Å². The van der Waals surface area contributed by atoms with Crippen molar-refractivity contribution < 1.29 is 0 Å². The summed E-state index contributed by atoms with van der Waals surface area (Å²) in [6.45, 7) is 6.21. The highest BCUT2D eigenvalue weighted by atomic mass is 15.1. The molecule has 0 aromatic rings. The lowest BCUT2D eigenvalue weighted by Gasteiger charge is -2.19. The minimum Gasteiger partial charge on any atom is -0.314 e. The zero-order valence-corrected chi connectivity index (χ0v) is 11.8. The van der Waals surface area contributed by atoms with E-state index in [1.165, 1.54) is 64.6 Å². The van der Waals surface area contributed by atoms with Crippen molar-refractivity contribution in [3.8, 4) is 0 Å². The monoisotopic (exact) mass is 238 g/mol. The predicted octanol–water partition coefficient (Wildman–Crippen LogP) is 2.89. The van der Waals surface area contributed by atoms with E-state index >= 15 is 0 Å². The van der Waals surface area contributed by atoms with Gasteiger partial charge in [0.2, 0.25) is 0 Å². The molecule has 1 aliphatic heterocycles. The van der Waals surface area contributed by atoms with Gasteiger partial charge < -0.3 is 10.2 Å². The molecule has 1 heterocycles. The Bertz CT molecular complexity index is 217. The minimum atomic E-state index is 0.817. The summed E-state index contributed by atoms with van der Waals surface area (Å²) in [6, 6.07) is 0.817. The van der Waals surface area contributed by atoms with Crippen LogP contribution in [0.1, 0.15) is 51.9 Å². The molecule has 3 atom stereocenters. The molecule has 2 fully saturated rings. The zero-order valence-electron chi connectivity index (χ0n) is 11.8. The van der Waals surface area contributed by atoms with Crippen LogP contribution in [0.4, 0.5) is 0 Å². The number of nitrogens with one attached hydrogen (secondary N) is 1. The standard InChI is InChI=1S/C15H30N2/c1-3-13-5-4-6-15(8-7-13)16-11-14-9-10-17(2)12-14/h13-16H,3-12H2,1-2H3. The third-order valence-electron chi connectivity index (χ3n) is 4.85. The van der Waals surface area contributed by atoms with Gasteiger partial charge in [0.25, 0.3) is 0 Å². The Kier molecular flexibility index (Phi) is 5.30. The first-order valence-corrected chi connectivity index (χ1v) is 7.69. The maximum Gasteiger partial charge on any atom is 0.00672 e. The minimum absolute atomic E-state index is 0.817. The number of hydrogen-bond donors (Lipinski definition) is 1. The maximum absolute atomic E-state index is 3.84. The predicted molar refractivity (Wildman–Crippen MR) is 74.3 cm³/mol. The third kappa shape index (κ3) is 4.26. The Balaban J connectivity index is 1.65. The first-order chi connectivity index (χ1) is 8.28. The highest BCUT2D eigenvalue weighted by Crippen LogP contribution is 2.25. The van der Waals surface area contributed by atoms with Gasteiger partial charge in [0.1, 0.15) is 0 Å². The number of hydrogen-bond acceptors (Lipinski definition) is 2. The fraction of sp³-hybridized carbons (Fsp3) is 1.00. The highest BCUT2D eigenvalue weighted by Gasteiger charge is 2.22. The van der Waals surface area contributed by atoms with Gasteiger partial charge in [0.15, 0.2) is 0 Å². The van der Waals surface area contributed by atoms with E-state index in [0.29, 0.717) is 0 Å². The molecule has 17 heavy (non-hydrogen) atoms. The second-order valence-electron chi connectivity index (χ2n) is 6.30. The quantitative estimate of drug-likeness (QED) is 0.758. The van der Waals surface area contributed by atoms with E-state index in [1.807, 2.05) is 0 Å². The molecule has 0 radical (unpaired) electrons. The summed E-state index contributed by atoms with van der Waals surface area (Å²) in [4.78, 5) is 2.46. The van der Waals surface area contributed by atoms with E-state index in [0.717, 1.165) is 17.9 Å². The SMILES string of the molecule is CCC1CCCC(NCC2CCN(C)C2)CC1. The first-order valence-electron chi connectivity index (χ1n) is 7.69. The second kappa shape index (κ2) is 6.75. The summed E-state index contributed by atoms with van der Waals surface area (Å²) >= 11 is 0. The van der Waals surface area contributed by atoms with E-state index < -0.39 is 0 Å². The molecule has 0 amide bonds. The third-order valence-corrected chi connectivity index (χ3v) is 4.85. The maximum atomic E-state index is 3.84. The molecule has 0 aromatic carbocycles. The lowest BCUT2D eigenvalue weighted by molar-refractivity contribution is 0.366. The van der Waals surface area contributed by atoms with Crippen LogP contribution in [-0.4, -0.2) is 37.6 Å². The van der Waals surface area contributed by atoms with Gasteiger partial charge in [-0.25, -0.2) is 0 Å². The molecular formula is C15H30N2. The van der Waals surface area contributed by atoms with Crippen molar-refractivity contribution in [2.75, 3.05) is 26.7 Å². The van der Waals surface area contributed by atoms with Crippen LogP contribution in [0.5, 0.6) is 0 Å². The van der Waals surface area contributed by atoms with E-state index in [1.54, 1.807) is 0 Å². The first kappa shape index (κ1) is 13.4. The van der Waals surface area contributed by atoms with Crippen LogP contribution in [-0.2, 0) is 0 Å². The molecule has 0 spiro atoms. The number of rotatable bonds is 4. The Hall–Kier alpha value is -0.0800. The van der Waals surface area contributed by atoms with Gasteiger partial charge in [0.05, 0.1) is 0 Å². The molecule has 3 unspecified atom stereocenters. The number of likely N-dealkylation sites (tertiary alicyclic amines) is 1. The van der Waals surface area contributed by atoms with Gasteiger partial charge in [-0.15, -0.1) is 0 Å². The van der Waals surface area contributed by atoms with E-state index in [-0.39, 0.29) is 0 Å². The zero-order chi connectivity index (χ0) is 12.1. The van der Waals surface area contributed by atoms with Gasteiger partial charge >= 0.3 is 0 Å². The molecule has 1 aliphatic carbocycles. The molecule has 1 saturated carbocycles. The topological polar surface area (TPSA) is 15.3 Å². The summed E-state index contributed by atoms with van der Waals surface area (Å²) in [5.74, 6) is 1.92. The van der Waals surface area contributed by atoms with Gasteiger partial charge in [-0.2, -0.15) is 0 Å². The van der Waals surface area contributed by atoms with Crippen molar-refractivity contribution in [2.45, 2.75) is 57.9 Å². The van der Waals surface area contributed by atoms with Crippen molar-refractivity contribution in [1.29, 1.82) is 0 Å². The fourth-order valence-electron chi connectivity index (χ4n) is 3.52. The molecule has 100 valence electrons. The van der Waals surface area contributed by atoms with Crippen LogP contribution >= 0.6 is 0 Å². The Morgan fingerprint density at radius 3 is 2.65 bits per heavy atom. The molecule has 1 N–H and O–H groups in total. The molecule has 2 rings (SSSR count). The Morgan fingerprint density at radius 1 is 1.06 bits per heavy atom. The second-order valence-corrected chi connectivity index (χ2v) is 6.30. The van der Waals surface area contributed by atoms with Crippen LogP contribution in [0.3, 0.4) is 0 Å². The van der Waals surface area contributed by atoms with E-state index in [2.05, 4.69) is 24.2 Å². The summed E-state index contributed by atoms with van der Waals surface area (Å²) < 4.78 is 0. The van der Waals surface area contributed by atoms with Crippen molar-refractivity contribution in [1.82, 2.24) is 10.2 Å². The summed E-state index contributed by atoms with van der Waals surface area (Å²) in [5.41, 5.74) is 0. The Labute approximate surface area is 107 Å². The van der Waals surface area contributed by atoms with Gasteiger partial charge in [0, 0.05) is 12.6 Å². The molecule has 0 bridgehead atoms.